The van der Waals surface area contributed by atoms with Crippen molar-refractivity contribution >= 4 is 46.4 Å². The second-order valence-corrected chi connectivity index (χ2v) is 6.10. The van der Waals surface area contributed by atoms with Crippen LogP contribution < -0.4 is 15.4 Å². The number of hydrogen-bond acceptors (Lipinski definition) is 5. The highest BCUT2D eigenvalue weighted by atomic mass is 35.5. The van der Waals surface area contributed by atoms with Crippen LogP contribution in [0.5, 0.6) is 5.75 Å². The van der Waals surface area contributed by atoms with Gasteiger partial charge in [0.15, 0.2) is 0 Å². The van der Waals surface area contributed by atoms with Gasteiger partial charge in [-0.1, -0.05) is 29.3 Å². The van der Waals surface area contributed by atoms with Gasteiger partial charge in [-0.25, -0.2) is 9.97 Å². The first kappa shape index (κ1) is 18.0. The van der Waals surface area contributed by atoms with Gasteiger partial charge in [-0.2, -0.15) is 0 Å². The molecule has 1 aromatic heterocycles. The van der Waals surface area contributed by atoms with Gasteiger partial charge >= 0.3 is 0 Å². The third-order valence-corrected chi connectivity index (χ3v) is 3.87. The molecule has 6 nitrogen and oxygen atoms in total. The highest BCUT2D eigenvalue weighted by Crippen LogP contribution is 2.28. The van der Waals surface area contributed by atoms with Crippen LogP contribution in [-0.4, -0.2) is 23.0 Å². The predicted octanol–water partition coefficient (Wildman–Crippen LogP) is 4.79. The number of nitrogens with one attached hydrogen (secondary N) is 2. The molecule has 3 aromatic rings. The summed E-state index contributed by atoms with van der Waals surface area (Å²) < 4.78 is 5.21. The van der Waals surface area contributed by atoms with E-state index < -0.39 is 0 Å². The van der Waals surface area contributed by atoms with Gasteiger partial charge < -0.3 is 15.4 Å². The second kappa shape index (κ2) is 8.03. The summed E-state index contributed by atoms with van der Waals surface area (Å²) in [5, 5.41) is 6.82. The normalized spacial score (nSPS) is 10.3. The van der Waals surface area contributed by atoms with Gasteiger partial charge in [0, 0.05) is 28.1 Å². The van der Waals surface area contributed by atoms with Crippen LogP contribution >= 0.6 is 23.2 Å². The number of carbonyl (C=O) groups excluding carboxylic acids is 1. The monoisotopic (exact) mass is 388 g/mol. The molecule has 0 aliphatic rings. The SMILES string of the molecule is COc1ccc(Cl)cc1NC(=O)c1cnc(Nc2cccc(Cl)c2)nc1. The van der Waals surface area contributed by atoms with Crippen molar-refractivity contribution in [3.05, 3.63) is 70.5 Å². The van der Waals surface area contributed by atoms with Crippen LogP contribution in [0.4, 0.5) is 17.3 Å². The van der Waals surface area contributed by atoms with Crippen molar-refractivity contribution in [2.75, 3.05) is 17.7 Å². The Morgan fingerprint density at radius 3 is 2.46 bits per heavy atom. The van der Waals surface area contributed by atoms with Gasteiger partial charge in [-0.05, 0) is 36.4 Å². The van der Waals surface area contributed by atoms with Crippen molar-refractivity contribution in [1.29, 1.82) is 0 Å². The molecule has 0 aliphatic carbocycles. The Morgan fingerprint density at radius 2 is 1.77 bits per heavy atom. The average Bonchev–Trinajstić information content (AvgIpc) is 2.62. The van der Waals surface area contributed by atoms with E-state index in [1.54, 1.807) is 30.3 Å². The van der Waals surface area contributed by atoms with Crippen LogP contribution in [0.15, 0.2) is 54.9 Å². The molecule has 0 spiro atoms. The first-order chi connectivity index (χ1) is 12.5. The van der Waals surface area contributed by atoms with E-state index in [0.29, 0.717) is 33.0 Å². The van der Waals surface area contributed by atoms with E-state index in [1.165, 1.54) is 19.5 Å². The molecule has 3 rings (SSSR count). The largest absolute Gasteiger partial charge is 0.495 e. The van der Waals surface area contributed by atoms with Crippen molar-refractivity contribution in [3.8, 4) is 5.75 Å². The molecule has 1 amide bonds. The third-order valence-electron chi connectivity index (χ3n) is 3.40. The molecular formula is C18H14Cl2N4O2. The van der Waals surface area contributed by atoms with E-state index in [9.17, 15) is 4.79 Å². The molecule has 0 bridgehead atoms. The highest BCUT2D eigenvalue weighted by molar-refractivity contribution is 6.31. The van der Waals surface area contributed by atoms with E-state index in [2.05, 4.69) is 20.6 Å². The fourth-order valence-electron chi connectivity index (χ4n) is 2.18. The molecule has 0 unspecified atom stereocenters. The quantitative estimate of drug-likeness (QED) is 0.656. The molecule has 0 saturated heterocycles. The van der Waals surface area contributed by atoms with Crippen LogP contribution in [0.2, 0.25) is 10.0 Å². The topological polar surface area (TPSA) is 76.1 Å². The van der Waals surface area contributed by atoms with E-state index in [1.807, 2.05) is 12.1 Å². The molecule has 2 aromatic carbocycles. The highest BCUT2D eigenvalue weighted by Gasteiger charge is 2.11. The zero-order valence-electron chi connectivity index (χ0n) is 13.7. The lowest BCUT2D eigenvalue weighted by Gasteiger charge is -2.10. The van der Waals surface area contributed by atoms with Crippen LogP contribution in [0.3, 0.4) is 0 Å². The van der Waals surface area contributed by atoms with Gasteiger partial charge in [0.25, 0.3) is 5.91 Å². The van der Waals surface area contributed by atoms with Gasteiger partial charge in [-0.15, -0.1) is 0 Å². The van der Waals surface area contributed by atoms with Crippen molar-refractivity contribution in [3.63, 3.8) is 0 Å². The molecule has 8 heteroatoms. The van der Waals surface area contributed by atoms with Gasteiger partial charge in [0.1, 0.15) is 5.75 Å². The molecule has 2 N–H and O–H groups in total. The summed E-state index contributed by atoms with van der Waals surface area (Å²) in [7, 11) is 1.51. The summed E-state index contributed by atoms with van der Waals surface area (Å²) in [6.45, 7) is 0. The van der Waals surface area contributed by atoms with Crippen LogP contribution in [-0.2, 0) is 0 Å². The van der Waals surface area contributed by atoms with Crippen LogP contribution in [0.1, 0.15) is 10.4 Å². The standard InChI is InChI=1S/C18H14Cl2N4O2/c1-26-16-6-5-13(20)8-15(16)24-17(25)11-9-21-18(22-10-11)23-14-4-2-3-12(19)7-14/h2-10H,1H3,(H,24,25)(H,21,22,23). The number of nitrogens with zero attached hydrogens (tertiary/aromatic N) is 2. The molecule has 0 atom stereocenters. The molecule has 132 valence electrons. The summed E-state index contributed by atoms with van der Waals surface area (Å²) >= 11 is 11.9. The minimum Gasteiger partial charge on any atom is -0.495 e. The summed E-state index contributed by atoms with van der Waals surface area (Å²) in [5.74, 6) is 0.479. The molecule has 0 radical (unpaired) electrons. The van der Waals surface area contributed by atoms with E-state index in [4.69, 9.17) is 27.9 Å². The van der Waals surface area contributed by atoms with E-state index >= 15 is 0 Å². The maximum Gasteiger partial charge on any atom is 0.258 e. The molecule has 1 heterocycles. The van der Waals surface area contributed by atoms with Crippen molar-refractivity contribution in [1.82, 2.24) is 9.97 Å². The number of hydrogen-bond donors (Lipinski definition) is 2. The molecule has 0 fully saturated rings. The number of halogens is 2. The molecule has 0 saturated carbocycles. The summed E-state index contributed by atoms with van der Waals surface area (Å²) in [6.07, 6.45) is 2.85. The number of amides is 1. The summed E-state index contributed by atoms with van der Waals surface area (Å²) in [4.78, 5) is 20.7. The Kier molecular flexibility index (Phi) is 5.55. The second-order valence-electron chi connectivity index (χ2n) is 5.23. The maximum absolute atomic E-state index is 12.4. The number of ether oxygens (including phenoxy) is 1. The molecule has 26 heavy (non-hydrogen) atoms. The Bertz CT molecular complexity index is 933. The lowest BCUT2D eigenvalue weighted by Crippen LogP contribution is -2.13. The van der Waals surface area contributed by atoms with Gasteiger partial charge in [0.05, 0.1) is 18.4 Å². The number of anilines is 3. The first-order valence-corrected chi connectivity index (χ1v) is 8.30. The summed E-state index contributed by atoms with van der Waals surface area (Å²) in [5.41, 5.74) is 1.51. The maximum atomic E-state index is 12.4. The Morgan fingerprint density at radius 1 is 1.04 bits per heavy atom. The van der Waals surface area contributed by atoms with E-state index in [0.717, 1.165) is 5.69 Å². The third kappa shape index (κ3) is 4.41. The van der Waals surface area contributed by atoms with Crippen LogP contribution in [0.25, 0.3) is 0 Å². The molecule has 0 aliphatic heterocycles. The van der Waals surface area contributed by atoms with Gasteiger partial charge in [-0.3, -0.25) is 4.79 Å². The number of rotatable bonds is 5. The lowest BCUT2D eigenvalue weighted by molar-refractivity contribution is 0.102. The van der Waals surface area contributed by atoms with Gasteiger partial charge in [0.2, 0.25) is 5.95 Å². The number of aromatic nitrogens is 2. The van der Waals surface area contributed by atoms with E-state index in [-0.39, 0.29) is 5.91 Å². The summed E-state index contributed by atoms with van der Waals surface area (Å²) in [6, 6.07) is 12.1. The average molecular weight is 389 g/mol. The molecular weight excluding hydrogens is 375 g/mol. The zero-order chi connectivity index (χ0) is 18.5. The van der Waals surface area contributed by atoms with Crippen LogP contribution in [0, 0.1) is 0 Å². The zero-order valence-corrected chi connectivity index (χ0v) is 15.2. The Hall–Kier alpha value is -2.83. The minimum atomic E-state index is -0.375. The first-order valence-electron chi connectivity index (χ1n) is 7.54. The fourth-order valence-corrected chi connectivity index (χ4v) is 2.54. The fraction of sp³-hybridized carbons (Fsp3) is 0.0556. The van der Waals surface area contributed by atoms with Crippen molar-refractivity contribution in [2.24, 2.45) is 0 Å². The Labute approximate surface area is 160 Å². The number of methoxy groups -OCH3 is 1. The van der Waals surface area contributed by atoms with Crippen molar-refractivity contribution in [2.45, 2.75) is 0 Å². The minimum absolute atomic E-state index is 0.295. The smallest absolute Gasteiger partial charge is 0.258 e. The Balaban J connectivity index is 1.72. The number of benzene rings is 2. The van der Waals surface area contributed by atoms with Crippen molar-refractivity contribution < 1.29 is 9.53 Å². The predicted molar refractivity (Wildman–Crippen MR) is 103 cm³/mol. The lowest BCUT2D eigenvalue weighted by atomic mass is 10.2. The number of carbonyl (C=O) groups is 1.